The average Bonchev–Trinajstić information content (AvgIpc) is 3.54. The smallest absolute Gasteiger partial charge is 0.417 e. The van der Waals surface area contributed by atoms with Gasteiger partial charge in [0.25, 0.3) is 0 Å². The van der Waals surface area contributed by atoms with Gasteiger partial charge >= 0.3 is 12.3 Å². The summed E-state index contributed by atoms with van der Waals surface area (Å²) in [7, 11) is 0. The molecule has 0 radical (unpaired) electrons. The van der Waals surface area contributed by atoms with Crippen molar-refractivity contribution >= 4 is 29.4 Å². The van der Waals surface area contributed by atoms with Crippen molar-refractivity contribution in [3.63, 3.8) is 0 Å². The lowest BCUT2D eigenvalue weighted by atomic mass is 10.1. The Morgan fingerprint density at radius 1 is 1.25 bits per heavy atom. The number of nitriles is 1. The van der Waals surface area contributed by atoms with E-state index in [2.05, 4.69) is 26.7 Å². The van der Waals surface area contributed by atoms with E-state index >= 15 is 0 Å². The summed E-state index contributed by atoms with van der Waals surface area (Å²) in [5, 5.41) is 14.4. The molecule has 1 aliphatic carbocycles. The second kappa shape index (κ2) is 11.1. The first-order chi connectivity index (χ1) is 18.7. The molecule has 2 N–H and O–H groups in total. The highest BCUT2D eigenvalue weighted by Gasteiger charge is 2.50. The van der Waals surface area contributed by atoms with Crippen LogP contribution in [0.15, 0.2) is 24.4 Å². The molecule has 1 unspecified atom stereocenters. The van der Waals surface area contributed by atoms with Crippen LogP contribution in [-0.4, -0.2) is 47.2 Å². The summed E-state index contributed by atoms with van der Waals surface area (Å²) >= 11 is 5.79. The molecule has 1 aromatic carbocycles. The first-order valence-corrected chi connectivity index (χ1v) is 13.2. The molecule has 1 aliphatic heterocycles. The SMILES string of the molecule is CC(C)(C)OC(=O)NCC1CCN(c2nc(-c3ccc(Cl)c(C(F)(F)F)c3)ncc2CNC(=O)C2(C#N)CC2)C1. The molecule has 40 heavy (non-hydrogen) atoms. The Morgan fingerprint density at radius 2 is 1.98 bits per heavy atom. The zero-order valence-electron chi connectivity index (χ0n) is 22.4. The number of halogens is 4. The Labute approximate surface area is 235 Å². The minimum absolute atomic E-state index is 0.0453. The molecular weight excluding hydrogens is 549 g/mol. The highest BCUT2D eigenvalue weighted by atomic mass is 35.5. The van der Waals surface area contributed by atoms with Crippen LogP contribution in [0.2, 0.25) is 5.02 Å². The highest BCUT2D eigenvalue weighted by molar-refractivity contribution is 6.31. The molecule has 1 aromatic heterocycles. The summed E-state index contributed by atoms with van der Waals surface area (Å²) in [4.78, 5) is 35.5. The van der Waals surface area contributed by atoms with E-state index in [-0.39, 0.29) is 29.8 Å². The van der Waals surface area contributed by atoms with Gasteiger partial charge in [0.1, 0.15) is 16.8 Å². The number of amides is 2. The topological polar surface area (TPSA) is 120 Å². The van der Waals surface area contributed by atoms with E-state index in [4.69, 9.17) is 16.3 Å². The summed E-state index contributed by atoms with van der Waals surface area (Å²) < 4.78 is 45.7. The zero-order valence-corrected chi connectivity index (χ0v) is 23.1. The van der Waals surface area contributed by atoms with Crippen LogP contribution in [0.5, 0.6) is 0 Å². The predicted octanol–water partition coefficient (Wildman–Crippen LogP) is 5.09. The van der Waals surface area contributed by atoms with Crippen LogP contribution in [0.4, 0.5) is 23.8 Å². The number of benzene rings is 1. The van der Waals surface area contributed by atoms with Crippen molar-refractivity contribution in [2.75, 3.05) is 24.5 Å². The lowest BCUT2D eigenvalue weighted by molar-refractivity contribution is -0.137. The van der Waals surface area contributed by atoms with Crippen LogP contribution >= 0.6 is 11.6 Å². The third-order valence-electron chi connectivity index (χ3n) is 6.73. The van der Waals surface area contributed by atoms with Crippen LogP contribution in [0.1, 0.15) is 51.2 Å². The van der Waals surface area contributed by atoms with Gasteiger partial charge in [-0.1, -0.05) is 11.6 Å². The van der Waals surface area contributed by atoms with Gasteiger partial charge in [0.15, 0.2) is 5.82 Å². The van der Waals surface area contributed by atoms with Crippen molar-refractivity contribution in [3.05, 3.63) is 40.5 Å². The molecule has 4 rings (SSSR count). The Balaban J connectivity index is 1.57. The molecular formula is C27H30ClF3N6O3. The second-order valence-electron chi connectivity index (χ2n) is 11.1. The maximum Gasteiger partial charge on any atom is 0.417 e. The van der Waals surface area contributed by atoms with Gasteiger partial charge < -0.3 is 20.3 Å². The van der Waals surface area contributed by atoms with Gasteiger partial charge in [0.2, 0.25) is 5.91 Å². The number of alkyl halides is 3. The Kier molecular flexibility index (Phi) is 8.17. The molecule has 2 amide bonds. The number of nitrogens with zero attached hydrogens (tertiary/aromatic N) is 4. The summed E-state index contributed by atoms with van der Waals surface area (Å²) in [6.07, 6.45) is -1.99. The Hall–Kier alpha value is -3.59. The molecule has 0 spiro atoms. The molecule has 1 saturated heterocycles. The Bertz CT molecular complexity index is 1330. The van der Waals surface area contributed by atoms with Crippen molar-refractivity contribution in [2.45, 2.75) is 58.4 Å². The fraction of sp³-hybridized carbons (Fsp3) is 0.519. The zero-order chi connectivity index (χ0) is 29.3. The highest BCUT2D eigenvalue weighted by Crippen LogP contribution is 2.45. The van der Waals surface area contributed by atoms with Gasteiger partial charge in [-0.25, -0.2) is 14.8 Å². The Morgan fingerprint density at radius 3 is 2.60 bits per heavy atom. The molecule has 0 bridgehead atoms. The van der Waals surface area contributed by atoms with E-state index in [1.165, 1.54) is 12.3 Å². The van der Waals surface area contributed by atoms with Crippen molar-refractivity contribution in [3.8, 4) is 17.5 Å². The van der Waals surface area contributed by atoms with Crippen molar-refractivity contribution < 1.29 is 27.5 Å². The van der Waals surface area contributed by atoms with Gasteiger partial charge in [-0.15, -0.1) is 0 Å². The van der Waals surface area contributed by atoms with Crippen LogP contribution in [0, 0.1) is 22.7 Å². The normalized spacial score (nSPS) is 18.1. The first-order valence-electron chi connectivity index (χ1n) is 12.9. The van der Waals surface area contributed by atoms with E-state index in [1.807, 2.05) is 4.90 Å². The van der Waals surface area contributed by atoms with E-state index in [0.717, 1.165) is 18.6 Å². The van der Waals surface area contributed by atoms with Gasteiger partial charge in [-0.05, 0) is 64.2 Å². The summed E-state index contributed by atoms with van der Waals surface area (Å²) in [6.45, 7) is 6.80. The standard InChI is InChI=1S/C27H30ClF3N6O3/c1-25(2,3)40-24(39)35-11-16-6-9-37(14-16)22-18(13-34-23(38)26(15-32)7-8-26)12-33-21(36-22)17-4-5-20(28)19(10-17)27(29,30)31/h4-5,10,12,16H,6-9,11,13-14H2,1-3H3,(H,34,38)(H,35,39). The van der Waals surface area contributed by atoms with Crippen LogP contribution in [0.25, 0.3) is 11.4 Å². The molecule has 2 aliphatic rings. The lowest BCUT2D eigenvalue weighted by Gasteiger charge is -2.23. The fourth-order valence-electron chi connectivity index (χ4n) is 4.41. The maximum absolute atomic E-state index is 13.5. The molecule has 2 fully saturated rings. The van der Waals surface area contributed by atoms with Crippen LogP contribution < -0.4 is 15.5 Å². The summed E-state index contributed by atoms with van der Waals surface area (Å²) in [6, 6.07) is 5.53. The largest absolute Gasteiger partial charge is 0.444 e. The van der Waals surface area contributed by atoms with Gasteiger partial charge in [0.05, 0.1) is 16.7 Å². The number of ether oxygens (including phenoxy) is 1. The number of aromatic nitrogens is 2. The van der Waals surface area contributed by atoms with Crippen LogP contribution in [-0.2, 0) is 22.3 Å². The molecule has 1 saturated carbocycles. The predicted molar refractivity (Wildman–Crippen MR) is 141 cm³/mol. The fourth-order valence-corrected chi connectivity index (χ4v) is 4.63. The van der Waals surface area contributed by atoms with Crippen molar-refractivity contribution in [1.82, 2.24) is 20.6 Å². The average molecular weight is 579 g/mol. The first kappa shape index (κ1) is 29.4. The molecule has 214 valence electrons. The van der Waals surface area contributed by atoms with Gasteiger partial charge in [-0.2, -0.15) is 18.4 Å². The number of rotatable bonds is 7. The summed E-state index contributed by atoms with van der Waals surface area (Å²) in [5.74, 6) is 0.209. The molecule has 9 nitrogen and oxygen atoms in total. The molecule has 2 aromatic rings. The molecule has 2 heterocycles. The quantitative estimate of drug-likeness (QED) is 0.470. The number of alkyl carbamates (subject to hydrolysis) is 1. The van der Waals surface area contributed by atoms with Gasteiger partial charge in [0, 0.05) is 43.5 Å². The molecule has 13 heteroatoms. The molecule has 1 atom stereocenters. The third kappa shape index (κ3) is 6.94. The lowest BCUT2D eigenvalue weighted by Crippen LogP contribution is -2.36. The second-order valence-corrected chi connectivity index (χ2v) is 11.5. The maximum atomic E-state index is 13.5. The van der Waals surface area contributed by atoms with Crippen molar-refractivity contribution in [2.24, 2.45) is 11.3 Å². The number of anilines is 1. The monoisotopic (exact) mass is 578 g/mol. The number of nitrogens with one attached hydrogen (secondary N) is 2. The number of hydrogen-bond donors (Lipinski definition) is 2. The number of carbonyl (C=O) groups is 2. The van der Waals surface area contributed by atoms with Crippen LogP contribution in [0.3, 0.4) is 0 Å². The minimum Gasteiger partial charge on any atom is -0.444 e. The third-order valence-corrected chi connectivity index (χ3v) is 7.06. The van der Waals surface area contributed by atoms with Crippen molar-refractivity contribution in [1.29, 1.82) is 5.26 Å². The van der Waals surface area contributed by atoms with E-state index in [0.29, 0.717) is 43.9 Å². The number of hydrogen-bond acceptors (Lipinski definition) is 7. The number of carbonyl (C=O) groups excluding carboxylic acids is 2. The van der Waals surface area contributed by atoms with E-state index in [9.17, 15) is 28.0 Å². The van der Waals surface area contributed by atoms with E-state index in [1.54, 1.807) is 20.8 Å². The summed E-state index contributed by atoms with van der Waals surface area (Å²) in [5.41, 5.74) is -1.94. The van der Waals surface area contributed by atoms with E-state index < -0.39 is 33.9 Å². The van der Waals surface area contributed by atoms with Gasteiger partial charge in [-0.3, -0.25) is 4.79 Å². The minimum atomic E-state index is -4.65.